The Balaban J connectivity index is 2.33. The molecule has 0 aliphatic carbocycles. The van der Waals surface area contributed by atoms with Crippen molar-refractivity contribution in [3.63, 3.8) is 0 Å². The number of anilines is 1. The van der Waals surface area contributed by atoms with Crippen LogP contribution >= 0.6 is 23.2 Å². The van der Waals surface area contributed by atoms with E-state index in [1.807, 2.05) is 43.3 Å². The van der Waals surface area contributed by atoms with Crippen molar-refractivity contribution < 1.29 is 5.11 Å². The van der Waals surface area contributed by atoms with Crippen LogP contribution in [-0.4, -0.2) is 19.2 Å². The smallest absolute Gasteiger partial charge is 0.106 e. The van der Waals surface area contributed by atoms with Crippen LogP contribution in [0.15, 0.2) is 42.5 Å². The van der Waals surface area contributed by atoms with Gasteiger partial charge in [-0.25, -0.2) is 0 Å². The minimum absolute atomic E-state index is 0.397. The van der Waals surface area contributed by atoms with Gasteiger partial charge in [0, 0.05) is 25.3 Å². The summed E-state index contributed by atoms with van der Waals surface area (Å²) in [4.78, 5) is 2.00. The van der Waals surface area contributed by atoms with Crippen LogP contribution in [0.4, 0.5) is 5.69 Å². The number of hydrogen-bond acceptors (Lipinski definition) is 2. The number of nitrogens with zero attached hydrogens (tertiary/aromatic N) is 1. The van der Waals surface area contributed by atoms with Crippen LogP contribution in [-0.2, 0) is 0 Å². The van der Waals surface area contributed by atoms with Gasteiger partial charge in [0.15, 0.2) is 0 Å². The molecule has 0 bridgehead atoms. The third-order valence-electron chi connectivity index (χ3n) is 3.00. The van der Waals surface area contributed by atoms with Gasteiger partial charge in [0.25, 0.3) is 0 Å². The molecule has 0 spiro atoms. The molecule has 0 heterocycles. The van der Waals surface area contributed by atoms with Crippen molar-refractivity contribution in [2.75, 3.05) is 19.0 Å². The van der Waals surface area contributed by atoms with Crippen molar-refractivity contribution in [2.45, 2.75) is 6.10 Å². The monoisotopic (exact) mass is 295 g/mol. The van der Waals surface area contributed by atoms with Gasteiger partial charge in [0.2, 0.25) is 0 Å². The van der Waals surface area contributed by atoms with Gasteiger partial charge in [-0.3, -0.25) is 0 Å². The maximum atomic E-state index is 10.4. The van der Waals surface area contributed by atoms with Gasteiger partial charge in [-0.1, -0.05) is 47.5 Å². The molecule has 0 aliphatic heterocycles. The van der Waals surface area contributed by atoms with Crippen LogP contribution < -0.4 is 4.90 Å². The third-order valence-corrected chi connectivity index (χ3v) is 3.83. The predicted octanol–water partition coefficient (Wildman–Crippen LogP) is 4.14. The van der Waals surface area contributed by atoms with Gasteiger partial charge in [-0.2, -0.15) is 0 Å². The molecular weight excluding hydrogens is 281 g/mol. The van der Waals surface area contributed by atoms with Crippen LogP contribution in [0, 0.1) is 0 Å². The Labute approximate surface area is 123 Å². The Morgan fingerprint density at radius 3 is 2.21 bits per heavy atom. The molecule has 0 aromatic heterocycles. The first-order chi connectivity index (χ1) is 9.00. The molecule has 2 rings (SSSR count). The summed E-state index contributed by atoms with van der Waals surface area (Å²) in [6.45, 7) is 0. The fourth-order valence-electron chi connectivity index (χ4n) is 1.87. The van der Waals surface area contributed by atoms with E-state index in [0.29, 0.717) is 15.6 Å². The normalized spacial score (nSPS) is 12.3. The Bertz CT molecular complexity index is 567. The standard InChI is InChI=1S/C15H15Cl2NO/c1-18(2)11-8-6-10(7-9-11)15(19)12-4-3-5-13(16)14(12)17/h3-9,15,19H,1-2H3. The van der Waals surface area contributed by atoms with E-state index in [2.05, 4.69) is 0 Å². The lowest BCUT2D eigenvalue weighted by atomic mass is 10.0. The van der Waals surface area contributed by atoms with E-state index in [-0.39, 0.29) is 0 Å². The highest BCUT2D eigenvalue weighted by Crippen LogP contribution is 2.33. The van der Waals surface area contributed by atoms with Crippen LogP contribution in [0.3, 0.4) is 0 Å². The second kappa shape index (κ2) is 5.83. The molecule has 0 radical (unpaired) electrons. The van der Waals surface area contributed by atoms with Gasteiger partial charge in [0.1, 0.15) is 6.10 Å². The van der Waals surface area contributed by atoms with E-state index in [0.717, 1.165) is 11.3 Å². The number of halogens is 2. The summed E-state index contributed by atoms with van der Waals surface area (Å²) in [7, 11) is 3.94. The minimum Gasteiger partial charge on any atom is -0.384 e. The minimum atomic E-state index is -0.776. The topological polar surface area (TPSA) is 23.5 Å². The SMILES string of the molecule is CN(C)c1ccc(C(O)c2cccc(Cl)c2Cl)cc1. The molecule has 0 saturated heterocycles. The molecule has 1 unspecified atom stereocenters. The molecule has 2 nitrogen and oxygen atoms in total. The fourth-order valence-corrected chi connectivity index (χ4v) is 2.28. The summed E-state index contributed by atoms with van der Waals surface area (Å²) in [6.07, 6.45) is -0.776. The molecule has 19 heavy (non-hydrogen) atoms. The molecule has 0 saturated carbocycles. The van der Waals surface area contributed by atoms with Crippen molar-refractivity contribution in [3.05, 3.63) is 63.6 Å². The molecule has 1 atom stereocenters. The molecule has 0 aliphatic rings. The largest absolute Gasteiger partial charge is 0.384 e. The van der Waals surface area contributed by atoms with E-state index in [9.17, 15) is 5.11 Å². The molecule has 100 valence electrons. The van der Waals surface area contributed by atoms with Gasteiger partial charge in [-0.05, 0) is 23.8 Å². The van der Waals surface area contributed by atoms with Crippen LogP contribution in [0.25, 0.3) is 0 Å². The molecule has 0 fully saturated rings. The molecule has 0 amide bonds. The summed E-state index contributed by atoms with van der Waals surface area (Å²) < 4.78 is 0. The van der Waals surface area contributed by atoms with Crippen molar-refractivity contribution >= 4 is 28.9 Å². The lowest BCUT2D eigenvalue weighted by Gasteiger charge is -2.16. The van der Waals surface area contributed by atoms with Crippen LogP contribution in [0.1, 0.15) is 17.2 Å². The Hall–Kier alpha value is -1.22. The number of hydrogen-bond donors (Lipinski definition) is 1. The van der Waals surface area contributed by atoms with E-state index >= 15 is 0 Å². The highest BCUT2D eigenvalue weighted by atomic mass is 35.5. The predicted molar refractivity (Wildman–Crippen MR) is 81.3 cm³/mol. The van der Waals surface area contributed by atoms with E-state index in [4.69, 9.17) is 23.2 Å². The van der Waals surface area contributed by atoms with Crippen LogP contribution in [0.2, 0.25) is 10.0 Å². The molecule has 2 aromatic rings. The van der Waals surface area contributed by atoms with E-state index in [1.165, 1.54) is 0 Å². The van der Waals surface area contributed by atoms with Gasteiger partial charge in [0.05, 0.1) is 10.0 Å². The first-order valence-electron chi connectivity index (χ1n) is 5.90. The first kappa shape index (κ1) is 14.2. The lowest BCUT2D eigenvalue weighted by molar-refractivity contribution is 0.220. The van der Waals surface area contributed by atoms with E-state index in [1.54, 1.807) is 18.2 Å². The molecular formula is C15H15Cl2NO. The number of benzene rings is 2. The van der Waals surface area contributed by atoms with Gasteiger partial charge >= 0.3 is 0 Å². The van der Waals surface area contributed by atoms with Crippen molar-refractivity contribution in [2.24, 2.45) is 0 Å². The molecule has 2 aromatic carbocycles. The summed E-state index contributed by atoms with van der Waals surface area (Å²) >= 11 is 12.1. The van der Waals surface area contributed by atoms with Gasteiger partial charge in [-0.15, -0.1) is 0 Å². The Morgan fingerprint density at radius 1 is 1.00 bits per heavy atom. The van der Waals surface area contributed by atoms with Crippen LogP contribution in [0.5, 0.6) is 0 Å². The highest BCUT2D eigenvalue weighted by molar-refractivity contribution is 6.42. The highest BCUT2D eigenvalue weighted by Gasteiger charge is 2.15. The second-order valence-corrected chi connectivity index (χ2v) is 5.32. The quantitative estimate of drug-likeness (QED) is 0.920. The van der Waals surface area contributed by atoms with E-state index < -0.39 is 6.10 Å². The average molecular weight is 296 g/mol. The number of aliphatic hydroxyl groups is 1. The number of rotatable bonds is 3. The first-order valence-corrected chi connectivity index (χ1v) is 6.65. The van der Waals surface area contributed by atoms with Crippen molar-refractivity contribution in [1.82, 2.24) is 0 Å². The Morgan fingerprint density at radius 2 is 1.63 bits per heavy atom. The average Bonchev–Trinajstić information content (AvgIpc) is 2.41. The number of aliphatic hydroxyl groups excluding tert-OH is 1. The van der Waals surface area contributed by atoms with Gasteiger partial charge < -0.3 is 10.0 Å². The zero-order valence-corrected chi connectivity index (χ0v) is 12.3. The summed E-state index contributed by atoms with van der Waals surface area (Å²) in [5, 5.41) is 11.2. The molecule has 1 N–H and O–H groups in total. The summed E-state index contributed by atoms with van der Waals surface area (Å²) in [5.41, 5.74) is 2.48. The Kier molecular flexibility index (Phi) is 4.35. The summed E-state index contributed by atoms with van der Waals surface area (Å²) in [6, 6.07) is 12.9. The third kappa shape index (κ3) is 3.03. The maximum absolute atomic E-state index is 10.4. The second-order valence-electron chi connectivity index (χ2n) is 4.53. The maximum Gasteiger partial charge on any atom is 0.106 e. The lowest BCUT2D eigenvalue weighted by Crippen LogP contribution is -2.08. The zero-order chi connectivity index (χ0) is 14.0. The zero-order valence-electron chi connectivity index (χ0n) is 10.8. The summed E-state index contributed by atoms with van der Waals surface area (Å²) in [5.74, 6) is 0. The van der Waals surface area contributed by atoms with Crippen molar-refractivity contribution in [1.29, 1.82) is 0 Å². The molecule has 4 heteroatoms. The van der Waals surface area contributed by atoms with Crippen molar-refractivity contribution in [3.8, 4) is 0 Å². The fraction of sp³-hybridized carbons (Fsp3) is 0.200.